The third-order valence-electron chi connectivity index (χ3n) is 3.20. The number of ether oxygens (including phenoxy) is 1. The van der Waals surface area contributed by atoms with Crippen LogP contribution in [-0.4, -0.2) is 29.6 Å². The number of halogens is 3. The maximum absolute atomic E-state index is 12.0. The van der Waals surface area contributed by atoms with E-state index in [4.69, 9.17) is 4.74 Å². The first-order chi connectivity index (χ1) is 7.79. The summed E-state index contributed by atoms with van der Waals surface area (Å²) in [7, 11) is 0. The molecular weight excluding hydrogens is 233 g/mol. The number of rotatable bonds is 6. The van der Waals surface area contributed by atoms with Crippen LogP contribution in [0, 0.1) is 0 Å². The summed E-state index contributed by atoms with van der Waals surface area (Å²) in [6.07, 6.45) is -1.28. The van der Waals surface area contributed by atoms with Gasteiger partial charge in [0.05, 0.1) is 11.7 Å². The number of hydrogen-bond acceptors (Lipinski definition) is 2. The Labute approximate surface area is 100 Å². The molecule has 1 fully saturated rings. The van der Waals surface area contributed by atoms with E-state index in [2.05, 4.69) is 0 Å². The quantitative estimate of drug-likeness (QED) is 0.787. The van der Waals surface area contributed by atoms with Crippen LogP contribution in [0.25, 0.3) is 0 Å². The zero-order valence-electron chi connectivity index (χ0n) is 10.2. The highest BCUT2D eigenvalue weighted by Crippen LogP contribution is 2.28. The average Bonchev–Trinajstić information content (AvgIpc) is 2.64. The van der Waals surface area contributed by atoms with Crippen LogP contribution in [0.4, 0.5) is 13.2 Å². The van der Waals surface area contributed by atoms with Crippen molar-refractivity contribution in [2.75, 3.05) is 6.61 Å². The smallest absolute Gasteiger partial charge is 0.389 e. The zero-order valence-corrected chi connectivity index (χ0v) is 10.2. The van der Waals surface area contributed by atoms with Crippen molar-refractivity contribution in [3.05, 3.63) is 0 Å². The molecule has 1 N–H and O–H groups in total. The van der Waals surface area contributed by atoms with E-state index in [0.717, 1.165) is 25.9 Å². The van der Waals surface area contributed by atoms with Crippen molar-refractivity contribution < 1.29 is 23.0 Å². The lowest BCUT2D eigenvalue weighted by Gasteiger charge is -2.24. The average molecular weight is 254 g/mol. The zero-order chi connectivity index (χ0) is 12.9. The number of aliphatic hydroxyl groups is 1. The second-order valence-electron chi connectivity index (χ2n) is 5.14. The second kappa shape index (κ2) is 6.05. The lowest BCUT2D eigenvalue weighted by Crippen LogP contribution is -2.26. The lowest BCUT2D eigenvalue weighted by atomic mass is 9.92. The minimum Gasteiger partial charge on any atom is -0.390 e. The molecule has 2 unspecified atom stereocenters. The topological polar surface area (TPSA) is 29.5 Å². The monoisotopic (exact) mass is 254 g/mol. The van der Waals surface area contributed by atoms with Crippen LogP contribution in [0.1, 0.15) is 51.9 Å². The van der Waals surface area contributed by atoms with Crippen LogP contribution in [0.15, 0.2) is 0 Å². The van der Waals surface area contributed by atoms with E-state index in [1.54, 1.807) is 6.92 Å². The molecule has 0 bridgehead atoms. The van der Waals surface area contributed by atoms with Gasteiger partial charge in [0.1, 0.15) is 0 Å². The van der Waals surface area contributed by atoms with E-state index in [1.807, 2.05) is 0 Å². The van der Waals surface area contributed by atoms with Crippen molar-refractivity contribution in [3.8, 4) is 0 Å². The Morgan fingerprint density at radius 2 is 1.94 bits per heavy atom. The molecule has 1 aliphatic heterocycles. The van der Waals surface area contributed by atoms with Crippen LogP contribution >= 0.6 is 0 Å². The van der Waals surface area contributed by atoms with Crippen molar-refractivity contribution in [3.63, 3.8) is 0 Å². The molecule has 0 radical (unpaired) electrons. The van der Waals surface area contributed by atoms with Crippen molar-refractivity contribution in [1.82, 2.24) is 0 Å². The molecule has 1 aliphatic rings. The van der Waals surface area contributed by atoms with Gasteiger partial charge in [-0.2, -0.15) is 13.2 Å². The van der Waals surface area contributed by atoms with Gasteiger partial charge in [0.25, 0.3) is 0 Å². The molecule has 17 heavy (non-hydrogen) atoms. The van der Waals surface area contributed by atoms with Gasteiger partial charge in [0.2, 0.25) is 0 Å². The fourth-order valence-corrected chi connectivity index (χ4v) is 2.14. The van der Waals surface area contributed by atoms with Gasteiger partial charge >= 0.3 is 6.18 Å². The van der Waals surface area contributed by atoms with Crippen LogP contribution in [0.2, 0.25) is 0 Å². The number of alkyl halides is 3. The third kappa shape index (κ3) is 6.88. The predicted octanol–water partition coefficient (Wildman–Crippen LogP) is 3.43. The summed E-state index contributed by atoms with van der Waals surface area (Å²) in [6.45, 7) is 2.37. The van der Waals surface area contributed by atoms with Gasteiger partial charge in [-0.05, 0) is 45.4 Å². The summed E-state index contributed by atoms with van der Waals surface area (Å²) in [5.41, 5.74) is -1.00. The highest BCUT2D eigenvalue weighted by atomic mass is 19.4. The Bertz CT molecular complexity index is 220. The molecule has 1 rings (SSSR count). The third-order valence-corrected chi connectivity index (χ3v) is 3.20. The molecule has 102 valence electrons. The molecule has 0 aromatic carbocycles. The van der Waals surface area contributed by atoms with Gasteiger partial charge < -0.3 is 9.84 Å². The van der Waals surface area contributed by atoms with Gasteiger partial charge in [0, 0.05) is 13.0 Å². The minimum atomic E-state index is -4.12. The highest BCUT2D eigenvalue weighted by molar-refractivity contribution is 4.76. The van der Waals surface area contributed by atoms with Crippen LogP contribution < -0.4 is 0 Å². The molecule has 0 spiro atoms. The van der Waals surface area contributed by atoms with E-state index in [9.17, 15) is 18.3 Å². The standard InChI is InChI=1S/C12H21F3O2/c1-11(16,6-3-7-12(13,14)15)8-5-10-4-2-9-17-10/h10,16H,2-9H2,1H3. The molecule has 0 aromatic heterocycles. The minimum absolute atomic E-state index is 0.0119. The van der Waals surface area contributed by atoms with E-state index in [-0.39, 0.29) is 18.9 Å². The Hall–Kier alpha value is -0.290. The molecule has 1 heterocycles. The maximum Gasteiger partial charge on any atom is 0.389 e. The van der Waals surface area contributed by atoms with Crippen molar-refractivity contribution in [2.24, 2.45) is 0 Å². The highest BCUT2D eigenvalue weighted by Gasteiger charge is 2.29. The van der Waals surface area contributed by atoms with E-state index in [0.29, 0.717) is 6.42 Å². The van der Waals surface area contributed by atoms with Gasteiger partial charge in [-0.3, -0.25) is 0 Å². The second-order valence-corrected chi connectivity index (χ2v) is 5.14. The summed E-state index contributed by atoms with van der Waals surface area (Å²) in [5.74, 6) is 0. The molecular formula is C12H21F3O2. The van der Waals surface area contributed by atoms with E-state index in [1.165, 1.54) is 0 Å². The van der Waals surface area contributed by atoms with Crippen molar-refractivity contribution in [2.45, 2.75) is 69.8 Å². The molecule has 0 saturated carbocycles. The Morgan fingerprint density at radius 1 is 1.24 bits per heavy atom. The summed E-state index contributed by atoms with van der Waals surface area (Å²) in [4.78, 5) is 0. The van der Waals surface area contributed by atoms with Gasteiger partial charge in [-0.15, -0.1) is 0 Å². The van der Waals surface area contributed by atoms with E-state index < -0.39 is 18.2 Å². The molecule has 0 amide bonds. The molecule has 2 nitrogen and oxygen atoms in total. The Kier molecular flexibility index (Phi) is 5.25. The normalized spacial score (nSPS) is 24.9. The van der Waals surface area contributed by atoms with Gasteiger partial charge in [-0.25, -0.2) is 0 Å². The summed E-state index contributed by atoms with van der Waals surface area (Å²) < 4.78 is 41.3. The van der Waals surface area contributed by atoms with Crippen LogP contribution in [0.5, 0.6) is 0 Å². The van der Waals surface area contributed by atoms with Gasteiger partial charge in [-0.1, -0.05) is 0 Å². The van der Waals surface area contributed by atoms with E-state index >= 15 is 0 Å². The maximum atomic E-state index is 12.0. The molecule has 0 aliphatic carbocycles. The number of hydrogen-bond donors (Lipinski definition) is 1. The fourth-order valence-electron chi connectivity index (χ4n) is 2.14. The van der Waals surface area contributed by atoms with Crippen LogP contribution in [0.3, 0.4) is 0 Å². The molecule has 5 heteroatoms. The first-order valence-corrected chi connectivity index (χ1v) is 6.19. The summed E-state index contributed by atoms with van der Waals surface area (Å²) in [5, 5.41) is 9.95. The molecule has 1 saturated heterocycles. The Balaban J connectivity index is 2.16. The fraction of sp³-hybridized carbons (Fsp3) is 1.00. The first kappa shape index (κ1) is 14.8. The first-order valence-electron chi connectivity index (χ1n) is 6.19. The lowest BCUT2D eigenvalue weighted by molar-refractivity contribution is -0.137. The summed E-state index contributed by atoms with van der Waals surface area (Å²) >= 11 is 0. The van der Waals surface area contributed by atoms with Crippen LogP contribution in [-0.2, 0) is 4.74 Å². The van der Waals surface area contributed by atoms with Gasteiger partial charge in [0.15, 0.2) is 0 Å². The predicted molar refractivity (Wildman–Crippen MR) is 58.7 cm³/mol. The van der Waals surface area contributed by atoms with Crippen molar-refractivity contribution >= 4 is 0 Å². The summed E-state index contributed by atoms with van der Waals surface area (Å²) in [6, 6.07) is 0. The van der Waals surface area contributed by atoms with Crippen molar-refractivity contribution in [1.29, 1.82) is 0 Å². The molecule has 2 atom stereocenters. The largest absolute Gasteiger partial charge is 0.390 e. The molecule has 0 aromatic rings. The Morgan fingerprint density at radius 3 is 2.47 bits per heavy atom. The SMILES string of the molecule is CC(O)(CCCC(F)(F)F)CCC1CCCO1.